The van der Waals surface area contributed by atoms with Crippen molar-refractivity contribution in [2.45, 2.75) is 36.6 Å². The Bertz CT molecular complexity index is 600. The molecule has 1 atom stereocenters. The van der Waals surface area contributed by atoms with Crippen LogP contribution in [0.3, 0.4) is 0 Å². The number of hydrogen-bond acceptors (Lipinski definition) is 2. The van der Waals surface area contributed by atoms with Gasteiger partial charge in [0.2, 0.25) is 10.0 Å². The number of hydrogen-bond donors (Lipinski definition) is 0. The van der Waals surface area contributed by atoms with Gasteiger partial charge in [-0.1, -0.05) is 61.5 Å². The van der Waals surface area contributed by atoms with E-state index in [0.29, 0.717) is 11.0 Å². The second-order valence-corrected chi connectivity index (χ2v) is 9.29. The van der Waals surface area contributed by atoms with Gasteiger partial charge in [-0.2, -0.15) is 4.31 Å². The third kappa shape index (κ3) is 3.96. The van der Waals surface area contributed by atoms with Crippen molar-refractivity contribution in [2.24, 2.45) is 0 Å². The van der Waals surface area contributed by atoms with Crippen LogP contribution in [0.2, 0.25) is 10.0 Å². The topological polar surface area (TPSA) is 37.4 Å². The maximum atomic E-state index is 13.0. The molecule has 0 N–H and O–H groups in total. The van der Waals surface area contributed by atoms with Gasteiger partial charge in [0.05, 0.1) is 10.0 Å². The molecule has 0 aromatic heterocycles. The van der Waals surface area contributed by atoms with E-state index in [1.807, 2.05) is 0 Å². The van der Waals surface area contributed by atoms with Gasteiger partial charge in [0.1, 0.15) is 4.90 Å². The minimum Gasteiger partial charge on any atom is -0.207 e. The Morgan fingerprint density at radius 1 is 1.24 bits per heavy atom. The van der Waals surface area contributed by atoms with Crippen LogP contribution in [0.5, 0.6) is 0 Å². The second-order valence-electron chi connectivity index (χ2n) is 4.94. The van der Waals surface area contributed by atoms with E-state index in [1.165, 1.54) is 0 Å². The zero-order valence-corrected chi connectivity index (χ0v) is 16.7. The molecule has 3 nitrogen and oxygen atoms in total. The molecule has 0 saturated carbocycles. The van der Waals surface area contributed by atoms with Crippen molar-refractivity contribution in [2.75, 3.05) is 11.9 Å². The van der Waals surface area contributed by atoms with Gasteiger partial charge in [0.15, 0.2) is 0 Å². The first kappa shape index (κ1) is 18.0. The summed E-state index contributed by atoms with van der Waals surface area (Å²) in [5.74, 6) is 0. The molecule has 0 radical (unpaired) electrons. The Morgan fingerprint density at radius 3 is 2.43 bits per heavy atom. The summed E-state index contributed by atoms with van der Waals surface area (Å²) in [6, 6.07) is 3.12. The summed E-state index contributed by atoms with van der Waals surface area (Å²) in [5.41, 5.74) is 0. The average Bonchev–Trinajstić information content (AvgIpc) is 2.37. The van der Waals surface area contributed by atoms with E-state index in [1.54, 1.807) is 16.4 Å². The number of rotatable bonds is 4. The Kier molecular flexibility index (Phi) is 6.43. The quantitative estimate of drug-likeness (QED) is 0.564. The molecule has 1 aromatic carbocycles. The highest BCUT2D eigenvalue weighted by Gasteiger charge is 2.35. The van der Waals surface area contributed by atoms with Gasteiger partial charge in [0, 0.05) is 22.4 Å². The Morgan fingerprint density at radius 2 is 1.86 bits per heavy atom. The summed E-state index contributed by atoms with van der Waals surface area (Å²) in [6.45, 7) is 0.517. The summed E-state index contributed by atoms with van der Waals surface area (Å²) in [7, 11) is -3.68. The Balaban J connectivity index is 2.45. The molecular weight excluding hydrogens is 465 g/mol. The first-order valence-electron chi connectivity index (χ1n) is 6.60. The highest BCUT2D eigenvalue weighted by molar-refractivity contribution is 9.10. The van der Waals surface area contributed by atoms with E-state index in [9.17, 15) is 8.42 Å². The van der Waals surface area contributed by atoms with Crippen molar-refractivity contribution in [1.29, 1.82) is 0 Å². The molecule has 1 aliphatic heterocycles. The summed E-state index contributed by atoms with van der Waals surface area (Å²) in [5, 5.41) is 1.07. The van der Waals surface area contributed by atoms with Crippen molar-refractivity contribution < 1.29 is 8.42 Å². The van der Waals surface area contributed by atoms with E-state index >= 15 is 0 Å². The molecule has 1 fully saturated rings. The molecule has 1 aliphatic rings. The van der Waals surface area contributed by atoms with Crippen LogP contribution >= 0.6 is 55.1 Å². The molecule has 0 aliphatic carbocycles. The molecule has 0 spiro atoms. The van der Waals surface area contributed by atoms with Crippen LogP contribution in [0.4, 0.5) is 0 Å². The number of piperidine rings is 1. The van der Waals surface area contributed by atoms with E-state index in [4.69, 9.17) is 23.2 Å². The van der Waals surface area contributed by atoms with Crippen LogP contribution < -0.4 is 0 Å². The first-order chi connectivity index (χ1) is 9.87. The molecule has 21 heavy (non-hydrogen) atoms. The van der Waals surface area contributed by atoms with Crippen molar-refractivity contribution in [3.8, 4) is 0 Å². The van der Waals surface area contributed by atoms with Crippen LogP contribution in [-0.4, -0.2) is 30.6 Å². The summed E-state index contributed by atoms with van der Waals surface area (Å²) < 4.78 is 28.1. The van der Waals surface area contributed by atoms with Gasteiger partial charge < -0.3 is 0 Å². The number of sulfonamides is 1. The number of alkyl halides is 1. The predicted molar refractivity (Wildman–Crippen MR) is 94.1 cm³/mol. The fraction of sp³-hybridized carbons (Fsp3) is 0.538. The molecular formula is C13H15Br2Cl2NO2S. The minimum atomic E-state index is -3.68. The fourth-order valence-electron chi connectivity index (χ4n) is 2.60. The van der Waals surface area contributed by atoms with Gasteiger partial charge >= 0.3 is 0 Å². The first-order valence-corrected chi connectivity index (χ1v) is 10.7. The smallest absolute Gasteiger partial charge is 0.207 e. The maximum Gasteiger partial charge on any atom is 0.246 e. The summed E-state index contributed by atoms with van der Waals surface area (Å²) in [6.07, 6.45) is 3.57. The van der Waals surface area contributed by atoms with Crippen molar-refractivity contribution >= 4 is 65.1 Å². The summed E-state index contributed by atoms with van der Waals surface area (Å²) >= 11 is 18.9. The molecule has 8 heteroatoms. The lowest BCUT2D eigenvalue weighted by Crippen LogP contribution is -2.44. The molecule has 0 bridgehead atoms. The van der Waals surface area contributed by atoms with Gasteiger partial charge in [-0.15, -0.1) is 0 Å². The van der Waals surface area contributed by atoms with Gasteiger partial charge in [-0.25, -0.2) is 8.42 Å². The SMILES string of the molecule is O=S(=O)(c1c(Cl)cc(Br)cc1Cl)N1CCCCC1CCBr. The van der Waals surface area contributed by atoms with E-state index < -0.39 is 10.0 Å². The Hall–Kier alpha value is 0.670. The lowest BCUT2D eigenvalue weighted by Gasteiger charge is -2.34. The zero-order chi connectivity index (χ0) is 15.6. The van der Waals surface area contributed by atoms with Gasteiger partial charge in [-0.05, 0) is 31.4 Å². The van der Waals surface area contributed by atoms with Crippen molar-refractivity contribution in [3.05, 3.63) is 26.7 Å². The highest BCUT2D eigenvalue weighted by Crippen LogP contribution is 2.37. The number of nitrogens with zero attached hydrogens (tertiary/aromatic N) is 1. The molecule has 118 valence electrons. The molecule has 2 rings (SSSR count). The fourth-order valence-corrected chi connectivity index (χ4v) is 6.74. The van der Waals surface area contributed by atoms with Crippen LogP contribution in [0.1, 0.15) is 25.7 Å². The van der Waals surface area contributed by atoms with Crippen molar-refractivity contribution in [1.82, 2.24) is 4.31 Å². The van der Waals surface area contributed by atoms with Crippen LogP contribution in [0.25, 0.3) is 0 Å². The van der Waals surface area contributed by atoms with E-state index in [-0.39, 0.29) is 21.0 Å². The third-order valence-corrected chi connectivity index (χ3v) is 7.34. The predicted octanol–water partition coefficient (Wildman–Crippen LogP) is 5.08. The lowest BCUT2D eigenvalue weighted by molar-refractivity contribution is 0.248. The van der Waals surface area contributed by atoms with E-state index in [0.717, 1.165) is 31.0 Å². The van der Waals surface area contributed by atoms with Crippen LogP contribution in [0.15, 0.2) is 21.5 Å². The normalized spacial score (nSPS) is 20.7. The Labute approximate surface area is 152 Å². The standard InChI is InChI=1S/C13H15Br2Cl2NO2S/c14-5-4-10-3-1-2-6-18(10)21(19,20)13-11(16)7-9(15)8-12(13)17/h7-8,10H,1-6H2. The van der Waals surface area contributed by atoms with Crippen LogP contribution in [-0.2, 0) is 10.0 Å². The molecule has 1 heterocycles. The second kappa shape index (κ2) is 7.49. The molecule has 0 amide bonds. The third-order valence-electron chi connectivity index (χ3n) is 3.55. The molecule has 1 saturated heterocycles. The zero-order valence-electron chi connectivity index (χ0n) is 11.2. The van der Waals surface area contributed by atoms with Gasteiger partial charge in [0.25, 0.3) is 0 Å². The number of benzene rings is 1. The molecule has 1 aromatic rings. The average molecular weight is 480 g/mol. The molecule has 1 unspecified atom stereocenters. The number of halogens is 4. The highest BCUT2D eigenvalue weighted by atomic mass is 79.9. The van der Waals surface area contributed by atoms with Crippen molar-refractivity contribution in [3.63, 3.8) is 0 Å². The van der Waals surface area contributed by atoms with Gasteiger partial charge in [-0.3, -0.25) is 0 Å². The van der Waals surface area contributed by atoms with Crippen LogP contribution in [0, 0.1) is 0 Å². The largest absolute Gasteiger partial charge is 0.246 e. The lowest BCUT2D eigenvalue weighted by atomic mass is 10.0. The van der Waals surface area contributed by atoms with E-state index in [2.05, 4.69) is 31.9 Å². The monoisotopic (exact) mass is 477 g/mol. The summed E-state index contributed by atoms with van der Waals surface area (Å²) in [4.78, 5) is 0.00973. The maximum absolute atomic E-state index is 13.0. The minimum absolute atomic E-state index is 0.00101.